The lowest BCUT2D eigenvalue weighted by molar-refractivity contribution is -0.139. The van der Waals surface area contributed by atoms with Gasteiger partial charge in [0.25, 0.3) is 0 Å². The maximum atomic E-state index is 11.8. The van der Waals surface area contributed by atoms with Crippen LogP contribution in [0.2, 0.25) is 0 Å². The minimum absolute atomic E-state index is 0.141. The summed E-state index contributed by atoms with van der Waals surface area (Å²) in [5.41, 5.74) is 1.97. The van der Waals surface area contributed by atoms with Crippen LogP contribution >= 0.6 is 0 Å². The van der Waals surface area contributed by atoms with Crippen molar-refractivity contribution in [1.29, 1.82) is 0 Å². The van der Waals surface area contributed by atoms with E-state index < -0.39 is 0 Å². The SMILES string of the molecule is CC(C)C1=C(C(C)C)N(C)CCOC1=O. The van der Waals surface area contributed by atoms with Crippen molar-refractivity contribution in [1.82, 2.24) is 4.90 Å². The van der Waals surface area contributed by atoms with Crippen LogP contribution in [0.5, 0.6) is 0 Å². The van der Waals surface area contributed by atoms with Crippen LogP contribution in [0.4, 0.5) is 0 Å². The molecule has 0 atom stereocenters. The van der Waals surface area contributed by atoms with Crippen LogP contribution < -0.4 is 0 Å². The zero-order chi connectivity index (χ0) is 11.6. The molecule has 0 aromatic carbocycles. The van der Waals surface area contributed by atoms with Crippen molar-refractivity contribution in [3.63, 3.8) is 0 Å². The second kappa shape index (κ2) is 4.69. The van der Waals surface area contributed by atoms with Crippen molar-refractivity contribution in [2.24, 2.45) is 11.8 Å². The van der Waals surface area contributed by atoms with Gasteiger partial charge in [0.2, 0.25) is 0 Å². The number of carbonyl (C=O) groups excluding carboxylic acids is 1. The molecule has 0 N–H and O–H groups in total. The Kier molecular flexibility index (Phi) is 3.77. The lowest BCUT2D eigenvalue weighted by Gasteiger charge is -2.26. The Morgan fingerprint density at radius 3 is 2.27 bits per heavy atom. The summed E-state index contributed by atoms with van der Waals surface area (Å²) in [6.07, 6.45) is 0. The summed E-state index contributed by atoms with van der Waals surface area (Å²) in [6, 6.07) is 0. The smallest absolute Gasteiger partial charge is 0.336 e. The molecule has 0 saturated carbocycles. The van der Waals surface area contributed by atoms with Gasteiger partial charge in [0, 0.05) is 12.7 Å². The van der Waals surface area contributed by atoms with E-state index in [0.29, 0.717) is 12.5 Å². The maximum absolute atomic E-state index is 11.8. The van der Waals surface area contributed by atoms with E-state index in [1.807, 2.05) is 20.9 Å². The molecule has 1 heterocycles. The van der Waals surface area contributed by atoms with Gasteiger partial charge in [0.05, 0.1) is 12.1 Å². The second-order valence-electron chi connectivity index (χ2n) is 4.67. The lowest BCUT2D eigenvalue weighted by Crippen LogP contribution is -2.25. The van der Waals surface area contributed by atoms with Crippen molar-refractivity contribution in [2.75, 3.05) is 20.2 Å². The molecule has 3 heteroatoms. The van der Waals surface area contributed by atoms with E-state index >= 15 is 0 Å². The molecule has 1 rings (SSSR count). The fraction of sp³-hybridized carbons (Fsp3) is 0.750. The summed E-state index contributed by atoms with van der Waals surface area (Å²) in [5, 5.41) is 0. The summed E-state index contributed by atoms with van der Waals surface area (Å²) in [5.74, 6) is 0.437. The molecule has 0 aromatic heterocycles. The molecular formula is C12H21NO2. The molecule has 0 fully saturated rings. The Balaban J connectivity index is 3.20. The average Bonchev–Trinajstić information content (AvgIpc) is 2.24. The monoisotopic (exact) mass is 211 g/mol. The first-order valence-electron chi connectivity index (χ1n) is 5.57. The highest BCUT2D eigenvalue weighted by atomic mass is 16.5. The number of likely N-dealkylation sites (N-methyl/N-ethyl adjacent to an activating group) is 1. The van der Waals surface area contributed by atoms with Gasteiger partial charge in [-0.1, -0.05) is 27.7 Å². The van der Waals surface area contributed by atoms with E-state index in [2.05, 4.69) is 18.7 Å². The number of rotatable bonds is 2. The van der Waals surface area contributed by atoms with Crippen molar-refractivity contribution in [3.05, 3.63) is 11.3 Å². The summed E-state index contributed by atoms with van der Waals surface area (Å²) in [4.78, 5) is 14.0. The van der Waals surface area contributed by atoms with Crippen LogP contribution in [-0.4, -0.2) is 31.1 Å². The van der Waals surface area contributed by atoms with Crippen LogP contribution in [0.25, 0.3) is 0 Å². The van der Waals surface area contributed by atoms with Gasteiger partial charge in [-0.2, -0.15) is 0 Å². The van der Waals surface area contributed by atoms with E-state index in [-0.39, 0.29) is 11.9 Å². The van der Waals surface area contributed by atoms with Crippen molar-refractivity contribution in [2.45, 2.75) is 27.7 Å². The summed E-state index contributed by atoms with van der Waals surface area (Å²) >= 11 is 0. The number of esters is 1. The Morgan fingerprint density at radius 1 is 1.20 bits per heavy atom. The number of allylic oxidation sites excluding steroid dienone is 1. The van der Waals surface area contributed by atoms with Crippen molar-refractivity contribution in [3.8, 4) is 0 Å². The molecule has 86 valence electrons. The number of cyclic esters (lactones) is 1. The van der Waals surface area contributed by atoms with Gasteiger partial charge in [0.1, 0.15) is 6.61 Å². The standard InChI is InChI=1S/C12H21NO2/c1-8(2)10-11(9(3)4)13(5)6-7-15-12(10)14/h8-9H,6-7H2,1-5H3. The highest BCUT2D eigenvalue weighted by molar-refractivity contribution is 5.90. The molecule has 0 aromatic rings. The van der Waals surface area contributed by atoms with Gasteiger partial charge in [-0.15, -0.1) is 0 Å². The van der Waals surface area contributed by atoms with E-state index in [4.69, 9.17) is 4.74 Å². The maximum Gasteiger partial charge on any atom is 0.336 e. The third kappa shape index (κ3) is 2.52. The molecule has 0 amide bonds. The molecule has 0 bridgehead atoms. The first-order chi connectivity index (χ1) is 6.95. The predicted octanol–water partition coefficient (Wildman–Crippen LogP) is 2.04. The highest BCUT2D eigenvalue weighted by Gasteiger charge is 2.27. The first-order valence-corrected chi connectivity index (χ1v) is 5.57. The lowest BCUT2D eigenvalue weighted by atomic mass is 9.95. The average molecular weight is 211 g/mol. The van der Waals surface area contributed by atoms with Crippen LogP contribution in [0.1, 0.15) is 27.7 Å². The van der Waals surface area contributed by atoms with Gasteiger partial charge in [0.15, 0.2) is 0 Å². The molecule has 3 nitrogen and oxygen atoms in total. The molecule has 0 unspecified atom stereocenters. The number of carbonyl (C=O) groups is 1. The molecule has 1 aliphatic rings. The topological polar surface area (TPSA) is 29.5 Å². The molecule has 0 saturated heterocycles. The van der Waals surface area contributed by atoms with E-state index in [1.165, 1.54) is 0 Å². The van der Waals surface area contributed by atoms with E-state index in [9.17, 15) is 4.79 Å². The fourth-order valence-corrected chi connectivity index (χ4v) is 2.07. The van der Waals surface area contributed by atoms with Gasteiger partial charge >= 0.3 is 5.97 Å². The molecule has 0 spiro atoms. The van der Waals surface area contributed by atoms with E-state index in [0.717, 1.165) is 17.8 Å². The van der Waals surface area contributed by atoms with Crippen LogP contribution in [0, 0.1) is 11.8 Å². The summed E-state index contributed by atoms with van der Waals surface area (Å²) < 4.78 is 5.19. The van der Waals surface area contributed by atoms with Gasteiger partial charge < -0.3 is 9.64 Å². The Hall–Kier alpha value is -0.990. The number of ether oxygens (including phenoxy) is 1. The third-order valence-corrected chi connectivity index (χ3v) is 2.69. The highest BCUT2D eigenvalue weighted by Crippen LogP contribution is 2.26. The van der Waals surface area contributed by atoms with Crippen LogP contribution in [0.3, 0.4) is 0 Å². The minimum atomic E-state index is -0.141. The van der Waals surface area contributed by atoms with Gasteiger partial charge in [-0.25, -0.2) is 4.79 Å². The zero-order valence-corrected chi connectivity index (χ0v) is 10.3. The molecule has 1 aliphatic heterocycles. The van der Waals surface area contributed by atoms with Crippen LogP contribution in [0.15, 0.2) is 11.3 Å². The zero-order valence-electron chi connectivity index (χ0n) is 10.3. The minimum Gasteiger partial charge on any atom is -0.460 e. The predicted molar refractivity (Wildman–Crippen MR) is 60.3 cm³/mol. The quantitative estimate of drug-likeness (QED) is 0.655. The van der Waals surface area contributed by atoms with E-state index in [1.54, 1.807) is 0 Å². The number of nitrogens with zero attached hydrogens (tertiary/aromatic N) is 1. The largest absolute Gasteiger partial charge is 0.460 e. The Labute approximate surface area is 92.1 Å². The van der Waals surface area contributed by atoms with Gasteiger partial charge in [-0.05, 0) is 11.8 Å². The molecule has 15 heavy (non-hydrogen) atoms. The Morgan fingerprint density at radius 2 is 1.80 bits per heavy atom. The Bertz CT molecular complexity index is 279. The van der Waals surface area contributed by atoms with Crippen molar-refractivity contribution < 1.29 is 9.53 Å². The second-order valence-corrected chi connectivity index (χ2v) is 4.67. The molecule has 0 aliphatic carbocycles. The fourth-order valence-electron chi connectivity index (χ4n) is 2.07. The molecular weight excluding hydrogens is 190 g/mol. The normalized spacial score (nSPS) is 18.6. The van der Waals surface area contributed by atoms with Crippen molar-refractivity contribution >= 4 is 5.97 Å². The first kappa shape index (κ1) is 12.1. The van der Waals surface area contributed by atoms with Crippen LogP contribution in [-0.2, 0) is 9.53 Å². The number of hydrogen-bond acceptors (Lipinski definition) is 3. The van der Waals surface area contributed by atoms with Gasteiger partial charge in [-0.3, -0.25) is 0 Å². The summed E-state index contributed by atoms with van der Waals surface area (Å²) in [6.45, 7) is 9.59. The summed E-state index contributed by atoms with van der Waals surface area (Å²) in [7, 11) is 2.03. The third-order valence-electron chi connectivity index (χ3n) is 2.69. The number of hydrogen-bond donors (Lipinski definition) is 0. The molecule has 0 radical (unpaired) electrons.